The van der Waals surface area contributed by atoms with Gasteiger partial charge in [-0.25, -0.2) is 35.5 Å². The minimum Gasteiger partial charge on any atom is -0.469 e. The molecule has 0 bridgehead atoms. The molecule has 1 fully saturated rings. The lowest BCUT2D eigenvalue weighted by atomic mass is 9.73. The number of ether oxygens (including phenoxy) is 10. The van der Waals surface area contributed by atoms with Gasteiger partial charge in [-0.3, -0.25) is 23.7 Å². The summed E-state index contributed by atoms with van der Waals surface area (Å²) in [6.07, 6.45) is -59.6. The minimum absolute atomic E-state index is 0.551. The molecule has 474 valence electrons. The van der Waals surface area contributed by atoms with E-state index in [0.29, 0.717) is 21.3 Å². The molecule has 0 aromatic heterocycles. The molecule has 0 heterocycles. The zero-order valence-electron chi connectivity index (χ0n) is 39.6. The molecule has 1 aliphatic carbocycles. The van der Waals surface area contributed by atoms with E-state index in [9.17, 15) is 133 Å². The van der Waals surface area contributed by atoms with Crippen molar-refractivity contribution in [1.29, 1.82) is 0 Å². The summed E-state index contributed by atoms with van der Waals surface area (Å²) in [6, 6.07) is 0. The van der Waals surface area contributed by atoms with E-state index in [2.05, 4.69) is 47.4 Å². The Morgan fingerprint density at radius 1 is 0.468 bits per heavy atom. The van der Waals surface area contributed by atoms with Gasteiger partial charge < -0.3 is 28.4 Å². The predicted octanol–water partition coefficient (Wildman–Crippen LogP) is 12.6. The molecule has 1 rings (SSSR count). The molecular weight excluding hydrogens is 1210 g/mol. The van der Waals surface area contributed by atoms with E-state index in [-0.39, 0.29) is 0 Å². The van der Waals surface area contributed by atoms with E-state index in [1.54, 1.807) is 0 Å². The molecule has 2 unspecified atom stereocenters. The van der Waals surface area contributed by atoms with Crippen LogP contribution >= 0.6 is 0 Å². The number of esters is 2. The molecule has 0 saturated heterocycles. The minimum atomic E-state index is -6.85. The third kappa shape index (κ3) is 26.1. The molecule has 0 amide bonds. The molecule has 2 atom stereocenters. The van der Waals surface area contributed by atoms with Crippen molar-refractivity contribution in [2.45, 2.75) is 142 Å². The summed E-state index contributed by atoms with van der Waals surface area (Å²) in [5.41, 5.74) is -6.19. The van der Waals surface area contributed by atoms with Gasteiger partial charge in [0.15, 0.2) is 0 Å². The van der Waals surface area contributed by atoms with Gasteiger partial charge in [0, 0.05) is 22.7 Å². The van der Waals surface area contributed by atoms with Gasteiger partial charge in [0.25, 0.3) is 23.4 Å². The molecule has 12 nitrogen and oxygen atoms in total. The Balaban J connectivity index is 0. The van der Waals surface area contributed by atoms with Crippen LogP contribution in [-0.2, 0) is 57.0 Å². The van der Waals surface area contributed by atoms with E-state index >= 15 is 4.39 Å². The number of hydrogen-bond donors (Lipinski definition) is 0. The van der Waals surface area contributed by atoms with Crippen molar-refractivity contribution in [3.05, 3.63) is 0 Å². The van der Waals surface area contributed by atoms with Gasteiger partial charge in [-0.05, 0) is 12.8 Å². The average Bonchev–Trinajstić information content (AvgIpc) is 3.20. The highest BCUT2D eigenvalue weighted by Crippen LogP contribution is 2.61. The molecule has 0 aromatic carbocycles. The van der Waals surface area contributed by atoms with Crippen molar-refractivity contribution < 1.29 is 193 Å². The molecule has 0 N–H and O–H groups in total. The van der Waals surface area contributed by atoms with Crippen LogP contribution in [0.1, 0.15) is 51.9 Å². The second-order valence-corrected chi connectivity index (χ2v) is 16.0. The van der Waals surface area contributed by atoms with Crippen LogP contribution in [0.25, 0.3) is 0 Å². The maximum absolute atomic E-state index is 15.1. The Kier molecular flexibility index (Phi) is 27.6. The quantitative estimate of drug-likeness (QED) is 0.0459. The first-order valence-corrected chi connectivity index (χ1v) is 20.3. The molecule has 1 saturated carbocycles. The van der Waals surface area contributed by atoms with Crippen molar-refractivity contribution in [1.82, 2.24) is 0 Å². The van der Waals surface area contributed by atoms with Crippen LogP contribution < -0.4 is 0 Å². The van der Waals surface area contributed by atoms with Gasteiger partial charge in [0.1, 0.15) is 65.3 Å². The summed E-state index contributed by atoms with van der Waals surface area (Å²) in [4.78, 5) is 21.2. The number of methoxy groups -OCH3 is 3. The van der Waals surface area contributed by atoms with E-state index in [4.69, 9.17) is 9.15 Å². The smallest absolute Gasteiger partial charge is 0.400 e. The van der Waals surface area contributed by atoms with E-state index < -0.39 is 199 Å². The number of rotatable bonds is 33. The number of alkyl halides is 29. The van der Waals surface area contributed by atoms with E-state index in [0.717, 1.165) is 6.92 Å². The summed E-state index contributed by atoms with van der Waals surface area (Å²) < 4.78 is 447. The monoisotopic (exact) mass is 1250 g/mol. The average molecular weight is 1250 g/mol. The lowest BCUT2D eigenvalue weighted by Gasteiger charge is -2.48. The van der Waals surface area contributed by atoms with Crippen LogP contribution in [0.15, 0.2) is 0 Å². The second kappa shape index (κ2) is 28.1. The molecule has 79 heavy (non-hydrogen) atoms. The first kappa shape index (κ1) is 77.5. The molecule has 0 spiro atoms. The summed E-state index contributed by atoms with van der Waals surface area (Å²) in [7, 11) is 1.81. The van der Waals surface area contributed by atoms with E-state index in [1.165, 1.54) is 0 Å². The third-order valence-electron chi connectivity index (χ3n) is 8.90. The van der Waals surface area contributed by atoms with Crippen LogP contribution in [0.4, 0.5) is 136 Å². The van der Waals surface area contributed by atoms with Gasteiger partial charge in [-0.15, -0.1) is 0 Å². The number of carbonyl (C=O) groups excluding carboxylic acids is 2. The van der Waals surface area contributed by atoms with Gasteiger partial charge in [-0.2, -0.15) is 96.6 Å². The zero-order chi connectivity index (χ0) is 63.2. The summed E-state index contributed by atoms with van der Waals surface area (Å²) in [5, 5.41) is 0. The fourth-order valence-electron chi connectivity index (χ4n) is 5.63. The van der Waals surface area contributed by atoms with Crippen LogP contribution in [-0.4, -0.2) is 170 Å². The molecule has 0 aliphatic heterocycles. The molecule has 0 radical (unpaired) electrons. The fraction of sp³-hybridized carbons (Fsp3) is 0.944. The highest BCUT2D eigenvalue weighted by Gasteiger charge is 2.84. The van der Waals surface area contributed by atoms with Crippen molar-refractivity contribution in [3.63, 3.8) is 0 Å². The van der Waals surface area contributed by atoms with Gasteiger partial charge in [0.2, 0.25) is 0 Å². The molecule has 1 aliphatic rings. The Hall–Kier alpha value is -3.55. The Morgan fingerprint density at radius 2 is 0.848 bits per heavy atom. The molecule has 0 aromatic rings. The zero-order valence-corrected chi connectivity index (χ0v) is 39.6. The molecule has 43 heteroatoms. The summed E-state index contributed by atoms with van der Waals surface area (Å²) in [5.74, 6) is -38.8. The third-order valence-corrected chi connectivity index (χ3v) is 8.90. The first-order chi connectivity index (χ1) is 35.0. The van der Waals surface area contributed by atoms with Crippen molar-refractivity contribution in [3.8, 4) is 0 Å². The maximum Gasteiger partial charge on any atom is 0.400 e. The lowest BCUT2D eigenvalue weighted by molar-refractivity contribution is -0.461. The van der Waals surface area contributed by atoms with Crippen molar-refractivity contribution >= 4 is 11.9 Å². The summed E-state index contributed by atoms with van der Waals surface area (Å²) in [6.45, 7) is -16.0. The van der Waals surface area contributed by atoms with E-state index in [1.807, 2.05) is 0 Å². The van der Waals surface area contributed by atoms with Gasteiger partial charge in [-0.1, -0.05) is 6.92 Å². The lowest BCUT2D eigenvalue weighted by Crippen LogP contribution is -2.71. The normalized spacial score (nSPS) is 19.2. The number of carbonyl (C=O) groups is 2. The van der Waals surface area contributed by atoms with Crippen LogP contribution in [0, 0.1) is 5.92 Å². The topological polar surface area (TPSA) is 126 Å². The Morgan fingerprint density at radius 3 is 1.25 bits per heavy atom. The number of hydrogen-bond acceptors (Lipinski definition) is 12. The number of halogens is 31. The Bertz CT molecular complexity index is 1860. The van der Waals surface area contributed by atoms with Crippen LogP contribution in [0.2, 0.25) is 0 Å². The van der Waals surface area contributed by atoms with Crippen LogP contribution in [0.5, 0.6) is 0 Å². The second-order valence-electron chi connectivity index (χ2n) is 16.0. The van der Waals surface area contributed by atoms with Crippen LogP contribution in [0.3, 0.4) is 0 Å². The maximum atomic E-state index is 15.1. The largest absolute Gasteiger partial charge is 0.469 e. The highest BCUT2D eigenvalue weighted by molar-refractivity contribution is 5.77. The first-order valence-electron chi connectivity index (χ1n) is 20.3. The van der Waals surface area contributed by atoms with Crippen molar-refractivity contribution in [2.75, 3.05) is 67.6 Å². The SMILES string of the molecule is CCC(F)(F)OC(F)(F)CC(F)(F)C(=O)OC.COCC(F)(F)CC(F)(F)OC(F)(F)COCC1CCC(F)(C(F)(F)OC(F)(F)COCC(F)(F)CC(F)(F)OC(F)(F)COCC(F)(F)CC(=O)OC)C(F)(F)C1(F)F.FF. The molecular formula is C36H41F31O12. The predicted molar refractivity (Wildman–Crippen MR) is 190 cm³/mol. The van der Waals surface area contributed by atoms with Gasteiger partial charge in [0.05, 0.1) is 26.7 Å². The standard InChI is InChI=1S/C28H31F23O9.C8H10F6O3.F2/c1-53-9-18(31,32)7-21(36,37)58-23(40,41)12-55-6-15-3-4-20(35,27(48,49)26(15,46)47)28(50,51)60-25(44,45)14-57-11-19(33,34)8-22(38,39)59-24(42,43)13-56-10-17(29,30)5-16(52)54-2;1-3-7(11,12)17-8(13,14)4-6(9,10)5(15)16-2;1-2/h15H,3-14H2,1-2H3;3-4H2,1-2H3;. The fourth-order valence-corrected chi connectivity index (χ4v) is 5.63. The summed E-state index contributed by atoms with van der Waals surface area (Å²) >= 11 is 0. The van der Waals surface area contributed by atoms with Crippen molar-refractivity contribution in [2.24, 2.45) is 5.92 Å². The van der Waals surface area contributed by atoms with Gasteiger partial charge >= 0.3 is 78.6 Å². The highest BCUT2D eigenvalue weighted by atomic mass is 20.0. The Labute approximate surface area is 421 Å².